The van der Waals surface area contributed by atoms with Crippen LogP contribution in [-0.4, -0.2) is 27.2 Å². The number of nitriles is 1. The van der Waals surface area contributed by atoms with E-state index in [2.05, 4.69) is 4.98 Å². The number of carbonyl (C=O) groups is 1. The third-order valence-electron chi connectivity index (χ3n) is 5.96. The van der Waals surface area contributed by atoms with Crippen LogP contribution in [0.4, 0.5) is 28.9 Å². The molecule has 1 saturated carbocycles. The van der Waals surface area contributed by atoms with Crippen LogP contribution in [0.25, 0.3) is 0 Å². The van der Waals surface area contributed by atoms with Crippen LogP contribution in [0.5, 0.6) is 0 Å². The van der Waals surface area contributed by atoms with Crippen molar-refractivity contribution in [3.63, 3.8) is 0 Å². The fourth-order valence-electron chi connectivity index (χ4n) is 4.31. The maximum absolute atomic E-state index is 14.2. The molecule has 3 aliphatic rings. The molecule has 31 heavy (non-hydrogen) atoms. The van der Waals surface area contributed by atoms with Gasteiger partial charge in [-0.1, -0.05) is 0 Å². The van der Waals surface area contributed by atoms with Gasteiger partial charge in [-0.15, -0.1) is 11.8 Å². The summed E-state index contributed by atoms with van der Waals surface area (Å²) in [4.78, 5) is 20.6. The largest absolute Gasteiger partial charge is 0.419 e. The van der Waals surface area contributed by atoms with Crippen molar-refractivity contribution in [1.29, 1.82) is 5.26 Å². The maximum Gasteiger partial charge on any atom is 0.419 e. The minimum Gasteiger partial charge on any atom is -0.342 e. The summed E-state index contributed by atoms with van der Waals surface area (Å²) in [5.74, 6) is -0.695. The van der Waals surface area contributed by atoms with E-state index in [-0.39, 0.29) is 22.8 Å². The molecule has 160 valence electrons. The van der Waals surface area contributed by atoms with E-state index < -0.39 is 28.3 Å². The summed E-state index contributed by atoms with van der Waals surface area (Å²) in [5.41, 5.74) is -2.19. The zero-order valence-electron chi connectivity index (χ0n) is 15.7. The highest BCUT2D eigenvalue weighted by molar-refractivity contribution is 14.1. The van der Waals surface area contributed by atoms with Gasteiger partial charge in [0.2, 0.25) is 0 Å². The van der Waals surface area contributed by atoms with Crippen molar-refractivity contribution < 1.29 is 22.4 Å². The van der Waals surface area contributed by atoms with Crippen molar-refractivity contribution in [2.45, 2.75) is 41.7 Å². The molecule has 0 bridgehead atoms. The zero-order valence-corrected chi connectivity index (χ0v) is 18.6. The van der Waals surface area contributed by atoms with E-state index in [0.29, 0.717) is 22.1 Å². The number of amides is 1. The SMILES string of the molecule is N#Cc1ncc(N2C(=O)C3(CCC3)N(c3ccc(I)c(F)c3)C3SC32)cc1C(F)(F)F. The summed E-state index contributed by atoms with van der Waals surface area (Å²) in [6, 6.07) is 7.11. The van der Waals surface area contributed by atoms with Gasteiger partial charge < -0.3 is 4.90 Å². The average molecular weight is 560 g/mol. The summed E-state index contributed by atoms with van der Waals surface area (Å²) in [6.07, 6.45) is -1.74. The number of carbonyl (C=O) groups excluding carboxylic acids is 1. The third kappa shape index (κ3) is 3.09. The standard InChI is InChI=1S/C20H13F4IN4OS/c21-13-7-10(2-3-14(13)25)29-17-16(31-17)28(18(30)19(29)4-1-5-19)11-6-12(20(22,23)24)15(8-26)27-9-11/h2-3,6-7,9,16-17H,1,4-5H2. The van der Waals surface area contributed by atoms with Gasteiger partial charge in [-0.05, 0) is 66.1 Å². The Labute approximate surface area is 192 Å². The quantitative estimate of drug-likeness (QED) is 0.298. The van der Waals surface area contributed by atoms with Crippen LogP contribution in [-0.2, 0) is 11.0 Å². The Morgan fingerprint density at radius 1 is 1.23 bits per heavy atom. The van der Waals surface area contributed by atoms with Gasteiger partial charge in [0.15, 0.2) is 5.69 Å². The second-order valence-corrected chi connectivity index (χ2v) is 10.0. The lowest BCUT2D eigenvalue weighted by atomic mass is 9.72. The number of aromatic nitrogens is 1. The summed E-state index contributed by atoms with van der Waals surface area (Å²) >= 11 is 3.32. The number of halogens is 5. The molecule has 3 fully saturated rings. The molecular weight excluding hydrogens is 547 g/mol. The van der Waals surface area contributed by atoms with Crippen molar-refractivity contribution in [3.05, 3.63) is 51.1 Å². The van der Waals surface area contributed by atoms with Crippen LogP contribution in [0, 0.1) is 20.7 Å². The summed E-state index contributed by atoms with van der Waals surface area (Å²) in [6.45, 7) is 0. The molecule has 0 radical (unpaired) electrons. The molecule has 11 heteroatoms. The van der Waals surface area contributed by atoms with Crippen LogP contribution in [0.1, 0.15) is 30.5 Å². The fourth-order valence-corrected chi connectivity index (χ4v) is 5.87. The van der Waals surface area contributed by atoms with E-state index in [4.69, 9.17) is 5.26 Å². The van der Waals surface area contributed by atoms with Crippen LogP contribution in [0.2, 0.25) is 0 Å². The van der Waals surface area contributed by atoms with Crippen molar-refractivity contribution in [2.24, 2.45) is 0 Å². The second-order valence-electron chi connectivity index (χ2n) is 7.65. The lowest BCUT2D eigenvalue weighted by Crippen LogP contribution is -2.69. The zero-order chi connectivity index (χ0) is 22.1. The first-order valence-corrected chi connectivity index (χ1v) is 11.4. The molecule has 2 atom stereocenters. The summed E-state index contributed by atoms with van der Waals surface area (Å²) in [5, 5.41) is 8.40. The number of benzene rings is 1. The van der Waals surface area contributed by atoms with E-state index in [0.717, 1.165) is 18.7 Å². The highest BCUT2D eigenvalue weighted by Gasteiger charge is 2.66. The highest BCUT2D eigenvalue weighted by Crippen LogP contribution is 2.59. The molecular formula is C20H13F4IN4OS. The Balaban J connectivity index is 1.57. The Morgan fingerprint density at radius 3 is 2.55 bits per heavy atom. The maximum atomic E-state index is 14.2. The molecule has 5 rings (SSSR count). The number of alkyl halides is 3. The third-order valence-corrected chi connectivity index (χ3v) is 8.01. The first-order valence-electron chi connectivity index (χ1n) is 9.38. The first kappa shape index (κ1) is 20.8. The van der Waals surface area contributed by atoms with E-state index in [1.807, 2.05) is 27.5 Å². The number of fused-ring (bicyclic) bond motifs is 1. The predicted octanol–water partition coefficient (Wildman–Crippen LogP) is 4.89. The second kappa shape index (κ2) is 6.96. The van der Waals surface area contributed by atoms with Crippen molar-refractivity contribution in [3.8, 4) is 6.07 Å². The lowest BCUT2D eigenvalue weighted by molar-refractivity contribution is -0.138. The first-order chi connectivity index (χ1) is 14.7. The van der Waals surface area contributed by atoms with Crippen molar-refractivity contribution >= 4 is 51.6 Å². The molecule has 1 aliphatic carbocycles. The van der Waals surface area contributed by atoms with E-state index in [1.165, 1.54) is 28.8 Å². The van der Waals surface area contributed by atoms with Crippen LogP contribution < -0.4 is 9.80 Å². The van der Waals surface area contributed by atoms with Crippen LogP contribution in [0.15, 0.2) is 30.5 Å². The van der Waals surface area contributed by atoms with Crippen molar-refractivity contribution in [1.82, 2.24) is 4.98 Å². The highest BCUT2D eigenvalue weighted by atomic mass is 127. The van der Waals surface area contributed by atoms with Crippen molar-refractivity contribution in [2.75, 3.05) is 9.80 Å². The Morgan fingerprint density at radius 2 is 1.97 bits per heavy atom. The summed E-state index contributed by atoms with van der Waals surface area (Å²) in [7, 11) is 0. The summed E-state index contributed by atoms with van der Waals surface area (Å²) < 4.78 is 55.0. The number of anilines is 2. The predicted molar refractivity (Wildman–Crippen MR) is 115 cm³/mol. The van der Waals surface area contributed by atoms with Gasteiger partial charge in [0.25, 0.3) is 5.91 Å². The number of piperazine rings is 1. The fraction of sp³-hybridized carbons (Fsp3) is 0.350. The molecule has 2 unspecified atom stereocenters. The van der Waals surface area contributed by atoms with E-state index >= 15 is 0 Å². The number of hydrogen-bond acceptors (Lipinski definition) is 5. The normalized spacial score (nSPS) is 23.9. The molecule has 1 aromatic heterocycles. The van der Waals surface area contributed by atoms with Crippen LogP contribution in [0.3, 0.4) is 0 Å². The molecule has 3 heterocycles. The van der Waals surface area contributed by atoms with Gasteiger partial charge in [-0.25, -0.2) is 9.37 Å². The molecule has 2 aliphatic heterocycles. The molecule has 1 spiro atoms. The Hall–Kier alpha value is -2.07. The van der Waals surface area contributed by atoms with Gasteiger partial charge in [-0.2, -0.15) is 18.4 Å². The Kier molecular flexibility index (Phi) is 4.68. The molecule has 2 saturated heterocycles. The van der Waals surface area contributed by atoms with Gasteiger partial charge in [0, 0.05) is 9.26 Å². The van der Waals surface area contributed by atoms with Gasteiger partial charge in [-0.3, -0.25) is 9.69 Å². The van der Waals surface area contributed by atoms with E-state index in [9.17, 15) is 22.4 Å². The molecule has 1 amide bonds. The molecule has 2 aromatic rings. The average Bonchev–Trinajstić information content (AvgIpc) is 3.46. The number of rotatable bonds is 2. The number of nitrogens with zero attached hydrogens (tertiary/aromatic N) is 4. The minimum absolute atomic E-state index is 0.0241. The molecule has 1 aromatic carbocycles. The Bertz CT molecular complexity index is 1150. The number of pyridine rings is 1. The lowest BCUT2D eigenvalue weighted by Gasteiger charge is -2.54. The molecule has 5 nitrogen and oxygen atoms in total. The number of hydrogen-bond donors (Lipinski definition) is 0. The van der Waals surface area contributed by atoms with Crippen LogP contribution >= 0.6 is 34.4 Å². The topological polar surface area (TPSA) is 60.2 Å². The van der Waals surface area contributed by atoms with Gasteiger partial charge >= 0.3 is 6.18 Å². The van der Waals surface area contributed by atoms with Gasteiger partial charge in [0.05, 0.1) is 17.4 Å². The monoisotopic (exact) mass is 560 g/mol. The minimum atomic E-state index is -4.76. The van der Waals surface area contributed by atoms with E-state index in [1.54, 1.807) is 12.1 Å². The number of thioether (sulfide) groups is 1. The molecule has 0 N–H and O–H groups in total. The van der Waals surface area contributed by atoms with Gasteiger partial charge in [0.1, 0.15) is 28.2 Å². The smallest absolute Gasteiger partial charge is 0.342 e.